The summed E-state index contributed by atoms with van der Waals surface area (Å²) in [5, 5.41) is 0. The second-order valence-electron chi connectivity index (χ2n) is 6.51. The molecular formula is C19H40. The Kier molecular flexibility index (Phi) is 14.4. The van der Waals surface area contributed by atoms with Crippen LogP contribution in [0.5, 0.6) is 0 Å². The van der Waals surface area contributed by atoms with Crippen LogP contribution >= 0.6 is 0 Å². The lowest BCUT2D eigenvalue weighted by Gasteiger charge is -2.23. The largest absolute Gasteiger partial charge is 0.0654 e. The van der Waals surface area contributed by atoms with Crippen molar-refractivity contribution in [1.82, 2.24) is 0 Å². The Bertz CT molecular complexity index is 161. The van der Waals surface area contributed by atoms with Crippen molar-refractivity contribution in [2.45, 2.75) is 111 Å². The molecule has 0 spiro atoms. The second kappa shape index (κ2) is 14.4. The van der Waals surface area contributed by atoms with Crippen molar-refractivity contribution in [3.8, 4) is 0 Å². The molecule has 0 amide bonds. The molecular weight excluding hydrogens is 228 g/mol. The van der Waals surface area contributed by atoms with Gasteiger partial charge in [0.15, 0.2) is 0 Å². The number of hydrogen-bond donors (Lipinski definition) is 0. The Hall–Kier alpha value is 0. The number of hydrogen-bond acceptors (Lipinski definition) is 0. The van der Waals surface area contributed by atoms with E-state index in [9.17, 15) is 0 Å². The molecule has 0 aliphatic rings. The summed E-state index contributed by atoms with van der Waals surface area (Å²) in [4.78, 5) is 0. The Morgan fingerprint density at radius 3 is 1.47 bits per heavy atom. The molecule has 116 valence electrons. The summed E-state index contributed by atoms with van der Waals surface area (Å²) in [6.45, 7) is 9.37. The fraction of sp³-hybridized carbons (Fsp3) is 1.00. The molecule has 0 fully saturated rings. The van der Waals surface area contributed by atoms with Crippen LogP contribution in [-0.4, -0.2) is 0 Å². The molecule has 19 heavy (non-hydrogen) atoms. The van der Waals surface area contributed by atoms with Gasteiger partial charge in [-0.1, -0.05) is 105 Å². The van der Waals surface area contributed by atoms with Crippen molar-refractivity contribution >= 4 is 0 Å². The summed E-state index contributed by atoms with van der Waals surface area (Å²) < 4.78 is 0. The summed E-state index contributed by atoms with van der Waals surface area (Å²) in [7, 11) is 0. The molecule has 0 heterocycles. The van der Waals surface area contributed by atoms with Crippen molar-refractivity contribution in [2.75, 3.05) is 0 Å². The first-order valence-electron chi connectivity index (χ1n) is 9.28. The fourth-order valence-electron chi connectivity index (χ4n) is 3.20. The third kappa shape index (κ3) is 11.5. The van der Waals surface area contributed by atoms with E-state index in [1.54, 1.807) is 0 Å². The Balaban J connectivity index is 4.00. The maximum absolute atomic E-state index is 2.40. The summed E-state index contributed by atoms with van der Waals surface area (Å²) >= 11 is 0. The molecule has 0 heteroatoms. The molecule has 0 aromatic heterocycles. The van der Waals surface area contributed by atoms with E-state index in [0.29, 0.717) is 0 Å². The van der Waals surface area contributed by atoms with E-state index in [0.717, 1.165) is 11.8 Å². The molecule has 0 aliphatic carbocycles. The second-order valence-corrected chi connectivity index (χ2v) is 6.51. The third-order valence-electron chi connectivity index (χ3n) is 4.64. The fourth-order valence-corrected chi connectivity index (χ4v) is 3.20. The zero-order chi connectivity index (χ0) is 14.3. The average molecular weight is 269 g/mol. The number of rotatable bonds is 14. The van der Waals surface area contributed by atoms with Gasteiger partial charge < -0.3 is 0 Å². The normalized spacial score (nSPS) is 14.5. The van der Waals surface area contributed by atoms with Crippen molar-refractivity contribution in [3.63, 3.8) is 0 Å². The Morgan fingerprint density at radius 1 is 0.526 bits per heavy atom. The molecule has 0 saturated carbocycles. The average Bonchev–Trinajstić information content (AvgIpc) is 2.43. The quantitative estimate of drug-likeness (QED) is 0.288. The molecule has 0 rings (SSSR count). The highest BCUT2D eigenvalue weighted by Gasteiger charge is 2.14. The van der Waals surface area contributed by atoms with Gasteiger partial charge in [-0.05, 0) is 18.3 Å². The van der Waals surface area contributed by atoms with Crippen LogP contribution in [-0.2, 0) is 0 Å². The SMILES string of the molecule is CCCCCC(CC)CC(CCCC)CCCCC. The zero-order valence-electron chi connectivity index (χ0n) is 14.3. The molecule has 2 unspecified atom stereocenters. The van der Waals surface area contributed by atoms with Gasteiger partial charge in [0.05, 0.1) is 0 Å². The molecule has 0 N–H and O–H groups in total. The number of unbranched alkanes of at least 4 members (excludes halogenated alkanes) is 5. The van der Waals surface area contributed by atoms with Crippen LogP contribution in [0.3, 0.4) is 0 Å². The van der Waals surface area contributed by atoms with Crippen molar-refractivity contribution in [3.05, 3.63) is 0 Å². The minimum atomic E-state index is 1.01. The smallest absolute Gasteiger partial charge is 0.0412 e. The van der Waals surface area contributed by atoms with Gasteiger partial charge in [-0.15, -0.1) is 0 Å². The predicted octanol–water partition coefficient (Wildman–Crippen LogP) is 7.37. The van der Waals surface area contributed by atoms with Crippen molar-refractivity contribution < 1.29 is 0 Å². The third-order valence-corrected chi connectivity index (χ3v) is 4.64. The van der Waals surface area contributed by atoms with Gasteiger partial charge in [-0.25, -0.2) is 0 Å². The molecule has 0 radical (unpaired) electrons. The van der Waals surface area contributed by atoms with Gasteiger partial charge in [0.1, 0.15) is 0 Å². The van der Waals surface area contributed by atoms with Crippen LogP contribution in [0.2, 0.25) is 0 Å². The molecule has 0 saturated heterocycles. The van der Waals surface area contributed by atoms with E-state index in [-0.39, 0.29) is 0 Å². The molecule has 0 nitrogen and oxygen atoms in total. The topological polar surface area (TPSA) is 0 Å². The lowest BCUT2D eigenvalue weighted by molar-refractivity contribution is 0.297. The maximum atomic E-state index is 2.40. The van der Waals surface area contributed by atoms with Gasteiger partial charge in [-0.2, -0.15) is 0 Å². The van der Waals surface area contributed by atoms with E-state index in [4.69, 9.17) is 0 Å². The van der Waals surface area contributed by atoms with Gasteiger partial charge in [0, 0.05) is 0 Å². The first-order valence-corrected chi connectivity index (χ1v) is 9.28. The van der Waals surface area contributed by atoms with Crippen LogP contribution in [0.15, 0.2) is 0 Å². The van der Waals surface area contributed by atoms with E-state index in [1.807, 2.05) is 0 Å². The highest BCUT2D eigenvalue weighted by Crippen LogP contribution is 2.28. The van der Waals surface area contributed by atoms with E-state index < -0.39 is 0 Å². The van der Waals surface area contributed by atoms with Gasteiger partial charge in [0.2, 0.25) is 0 Å². The van der Waals surface area contributed by atoms with Crippen LogP contribution < -0.4 is 0 Å². The molecule has 0 aliphatic heterocycles. The predicted molar refractivity (Wildman–Crippen MR) is 89.7 cm³/mol. The van der Waals surface area contributed by atoms with Gasteiger partial charge >= 0.3 is 0 Å². The summed E-state index contributed by atoms with van der Waals surface area (Å²) in [6, 6.07) is 0. The van der Waals surface area contributed by atoms with Crippen LogP contribution in [0.25, 0.3) is 0 Å². The van der Waals surface area contributed by atoms with Gasteiger partial charge in [-0.3, -0.25) is 0 Å². The van der Waals surface area contributed by atoms with Crippen LogP contribution in [0.4, 0.5) is 0 Å². The van der Waals surface area contributed by atoms with E-state index in [2.05, 4.69) is 27.7 Å². The monoisotopic (exact) mass is 268 g/mol. The summed E-state index contributed by atoms with van der Waals surface area (Å²) in [5.41, 5.74) is 0. The first-order chi connectivity index (χ1) is 9.28. The summed E-state index contributed by atoms with van der Waals surface area (Å²) in [6.07, 6.45) is 18.8. The minimum absolute atomic E-state index is 1.01. The minimum Gasteiger partial charge on any atom is -0.0654 e. The first kappa shape index (κ1) is 19.0. The highest BCUT2D eigenvalue weighted by molar-refractivity contribution is 4.67. The maximum Gasteiger partial charge on any atom is -0.0412 e. The van der Waals surface area contributed by atoms with Crippen LogP contribution in [0, 0.1) is 11.8 Å². The van der Waals surface area contributed by atoms with E-state index >= 15 is 0 Å². The zero-order valence-corrected chi connectivity index (χ0v) is 14.3. The Labute approximate surface area is 123 Å². The molecule has 0 aromatic carbocycles. The molecule has 2 atom stereocenters. The highest BCUT2D eigenvalue weighted by atomic mass is 14.2. The lowest BCUT2D eigenvalue weighted by atomic mass is 9.83. The molecule has 0 bridgehead atoms. The van der Waals surface area contributed by atoms with Crippen molar-refractivity contribution in [1.29, 1.82) is 0 Å². The van der Waals surface area contributed by atoms with Crippen molar-refractivity contribution in [2.24, 2.45) is 11.8 Å². The van der Waals surface area contributed by atoms with Gasteiger partial charge in [0.25, 0.3) is 0 Å². The standard InChI is InChI=1S/C19H40/c1-5-9-12-15-18(8-4)17-19(14-11-7-3)16-13-10-6-2/h18-19H,5-17H2,1-4H3. The molecule has 0 aromatic rings. The Morgan fingerprint density at radius 2 is 1.00 bits per heavy atom. The van der Waals surface area contributed by atoms with E-state index in [1.165, 1.54) is 83.5 Å². The summed E-state index contributed by atoms with van der Waals surface area (Å²) in [5.74, 6) is 2.04. The lowest BCUT2D eigenvalue weighted by Crippen LogP contribution is -2.09. The van der Waals surface area contributed by atoms with Crippen LogP contribution in [0.1, 0.15) is 111 Å².